The SMILES string of the molecule is Ic1cccc(-c2ccc(N(c3ccc(-c4cccc(I)c4)cc3)c3cccc(I)c3)cc2)c1. The van der Waals surface area contributed by atoms with Gasteiger partial charge in [-0.1, -0.05) is 54.6 Å². The van der Waals surface area contributed by atoms with E-state index in [0.717, 1.165) is 17.1 Å². The third-order valence-electron chi connectivity index (χ3n) is 5.63. The highest BCUT2D eigenvalue weighted by molar-refractivity contribution is 14.1. The summed E-state index contributed by atoms with van der Waals surface area (Å²) in [6, 6.07) is 43.6. The Morgan fingerprint density at radius 1 is 0.353 bits per heavy atom. The fourth-order valence-corrected chi connectivity index (χ4v) is 5.62. The van der Waals surface area contributed by atoms with E-state index in [1.54, 1.807) is 0 Å². The van der Waals surface area contributed by atoms with Crippen LogP contribution in [-0.4, -0.2) is 0 Å². The molecule has 0 atom stereocenters. The molecule has 0 saturated carbocycles. The van der Waals surface area contributed by atoms with Crippen molar-refractivity contribution in [2.45, 2.75) is 0 Å². The number of anilines is 3. The molecule has 0 aliphatic carbocycles. The largest absolute Gasteiger partial charge is 0.310 e. The molecule has 0 fully saturated rings. The molecule has 0 unspecified atom stereocenters. The predicted molar refractivity (Wildman–Crippen MR) is 170 cm³/mol. The summed E-state index contributed by atoms with van der Waals surface area (Å²) in [6.07, 6.45) is 0. The molecule has 0 bridgehead atoms. The van der Waals surface area contributed by atoms with Crippen molar-refractivity contribution in [3.05, 3.63) is 132 Å². The van der Waals surface area contributed by atoms with E-state index >= 15 is 0 Å². The van der Waals surface area contributed by atoms with Crippen LogP contribution in [0.3, 0.4) is 0 Å². The van der Waals surface area contributed by atoms with Crippen LogP contribution in [0.4, 0.5) is 17.1 Å². The summed E-state index contributed by atoms with van der Waals surface area (Å²) in [5.74, 6) is 0. The first-order valence-corrected chi connectivity index (χ1v) is 14.1. The second kappa shape index (κ2) is 10.8. The zero-order valence-electron chi connectivity index (χ0n) is 18.1. The Bertz CT molecular complexity index is 1340. The first-order valence-electron chi connectivity index (χ1n) is 10.8. The molecule has 5 rings (SSSR count). The maximum absolute atomic E-state index is 2.38. The van der Waals surface area contributed by atoms with Crippen LogP contribution in [0.2, 0.25) is 0 Å². The lowest BCUT2D eigenvalue weighted by Gasteiger charge is -2.26. The summed E-state index contributed by atoms with van der Waals surface area (Å²) in [4.78, 5) is 2.32. The van der Waals surface area contributed by atoms with Crippen molar-refractivity contribution < 1.29 is 0 Å². The average molecular weight is 775 g/mol. The fourth-order valence-electron chi connectivity index (χ4n) is 4.00. The molecule has 1 nitrogen and oxygen atoms in total. The molecule has 34 heavy (non-hydrogen) atoms. The van der Waals surface area contributed by atoms with Crippen LogP contribution >= 0.6 is 67.8 Å². The first-order chi connectivity index (χ1) is 16.6. The zero-order valence-corrected chi connectivity index (χ0v) is 24.6. The van der Waals surface area contributed by atoms with Crippen LogP contribution in [0.15, 0.2) is 121 Å². The Hall–Kier alpha value is -1.91. The number of halogens is 3. The Morgan fingerprint density at radius 2 is 0.765 bits per heavy atom. The predicted octanol–water partition coefficient (Wildman–Crippen LogP) is 10.3. The number of benzene rings is 5. The van der Waals surface area contributed by atoms with Crippen molar-refractivity contribution in [2.24, 2.45) is 0 Å². The van der Waals surface area contributed by atoms with Crippen LogP contribution in [0.1, 0.15) is 0 Å². The number of hydrogen-bond acceptors (Lipinski definition) is 1. The van der Waals surface area contributed by atoms with Crippen molar-refractivity contribution in [1.29, 1.82) is 0 Å². The monoisotopic (exact) mass is 775 g/mol. The van der Waals surface area contributed by atoms with Gasteiger partial charge in [-0.25, -0.2) is 0 Å². The van der Waals surface area contributed by atoms with Crippen LogP contribution < -0.4 is 4.90 Å². The summed E-state index contributed by atoms with van der Waals surface area (Å²) < 4.78 is 3.70. The van der Waals surface area contributed by atoms with Crippen LogP contribution in [0.5, 0.6) is 0 Å². The van der Waals surface area contributed by atoms with E-state index in [1.807, 2.05) is 0 Å². The lowest BCUT2D eigenvalue weighted by Crippen LogP contribution is -2.10. The van der Waals surface area contributed by atoms with E-state index in [4.69, 9.17) is 0 Å². The van der Waals surface area contributed by atoms with E-state index in [9.17, 15) is 0 Å². The van der Waals surface area contributed by atoms with Crippen LogP contribution in [-0.2, 0) is 0 Å². The molecule has 5 aromatic rings. The molecular formula is C30H20I3N. The number of rotatable bonds is 5. The van der Waals surface area contributed by atoms with E-state index in [0.29, 0.717) is 0 Å². The highest BCUT2D eigenvalue weighted by Crippen LogP contribution is 2.37. The van der Waals surface area contributed by atoms with Crippen molar-refractivity contribution >= 4 is 84.8 Å². The average Bonchev–Trinajstić information content (AvgIpc) is 2.85. The topological polar surface area (TPSA) is 3.24 Å². The molecule has 0 aliphatic heterocycles. The molecule has 5 aromatic carbocycles. The van der Waals surface area contributed by atoms with E-state index in [-0.39, 0.29) is 0 Å². The minimum absolute atomic E-state index is 1.14. The summed E-state index contributed by atoms with van der Waals surface area (Å²) in [7, 11) is 0. The van der Waals surface area contributed by atoms with Gasteiger partial charge in [-0.2, -0.15) is 0 Å². The molecule has 0 N–H and O–H groups in total. The van der Waals surface area contributed by atoms with Gasteiger partial charge in [-0.3, -0.25) is 0 Å². The smallest absolute Gasteiger partial charge is 0.0472 e. The number of hydrogen-bond donors (Lipinski definition) is 0. The van der Waals surface area contributed by atoms with Gasteiger partial charge in [-0.05, 0) is 157 Å². The van der Waals surface area contributed by atoms with Gasteiger partial charge in [0.25, 0.3) is 0 Å². The molecule has 0 aromatic heterocycles. The van der Waals surface area contributed by atoms with Gasteiger partial charge < -0.3 is 4.90 Å². The minimum Gasteiger partial charge on any atom is -0.310 e. The molecule has 0 spiro atoms. The molecule has 0 heterocycles. The van der Waals surface area contributed by atoms with Gasteiger partial charge >= 0.3 is 0 Å². The summed E-state index contributed by atoms with van der Waals surface area (Å²) in [5.41, 5.74) is 8.34. The highest BCUT2D eigenvalue weighted by atomic mass is 127. The maximum atomic E-state index is 2.38. The molecular weight excluding hydrogens is 755 g/mol. The van der Waals surface area contributed by atoms with E-state index in [1.165, 1.54) is 33.0 Å². The number of nitrogens with zero attached hydrogens (tertiary/aromatic N) is 1. The Balaban J connectivity index is 1.54. The van der Waals surface area contributed by atoms with E-state index < -0.39 is 0 Å². The van der Waals surface area contributed by atoms with E-state index in [2.05, 4.69) is 194 Å². The van der Waals surface area contributed by atoms with Gasteiger partial charge in [0.15, 0.2) is 0 Å². The standard InChI is InChI=1S/C30H20I3N/c31-25-6-1-4-23(18-25)21-10-14-28(15-11-21)34(30-9-3-8-27(33)20-30)29-16-12-22(13-17-29)24-5-2-7-26(32)19-24/h1-20H. The highest BCUT2D eigenvalue weighted by Gasteiger charge is 2.13. The van der Waals surface area contributed by atoms with Crippen LogP contribution in [0, 0.1) is 10.7 Å². The van der Waals surface area contributed by atoms with Gasteiger partial charge in [0.05, 0.1) is 0 Å². The summed E-state index contributed by atoms with van der Waals surface area (Å²) >= 11 is 7.12. The Labute approximate surface area is 241 Å². The molecule has 166 valence electrons. The minimum atomic E-state index is 1.14. The van der Waals surface area contributed by atoms with Gasteiger partial charge in [0.2, 0.25) is 0 Å². The maximum Gasteiger partial charge on any atom is 0.0472 e. The Morgan fingerprint density at radius 3 is 1.18 bits per heavy atom. The zero-order chi connectivity index (χ0) is 23.5. The molecule has 0 radical (unpaired) electrons. The summed E-state index contributed by atoms with van der Waals surface area (Å²) in [6.45, 7) is 0. The van der Waals surface area contributed by atoms with Crippen molar-refractivity contribution in [3.63, 3.8) is 0 Å². The molecule has 0 amide bonds. The fraction of sp³-hybridized carbons (Fsp3) is 0. The van der Waals surface area contributed by atoms with Crippen molar-refractivity contribution in [2.75, 3.05) is 4.90 Å². The van der Waals surface area contributed by atoms with Crippen LogP contribution in [0.25, 0.3) is 22.3 Å². The normalized spacial score (nSPS) is 10.8. The second-order valence-corrected chi connectivity index (χ2v) is 11.7. The molecule has 0 saturated heterocycles. The Kier molecular flexibility index (Phi) is 7.55. The lowest BCUT2D eigenvalue weighted by atomic mass is 10.0. The molecule has 4 heteroatoms. The third-order valence-corrected chi connectivity index (χ3v) is 7.65. The van der Waals surface area contributed by atoms with Gasteiger partial charge in [0.1, 0.15) is 0 Å². The third kappa shape index (κ3) is 5.49. The van der Waals surface area contributed by atoms with Gasteiger partial charge in [0, 0.05) is 27.8 Å². The van der Waals surface area contributed by atoms with Gasteiger partial charge in [-0.15, -0.1) is 0 Å². The van der Waals surface area contributed by atoms with Crippen molar-refractivity contribution in [3.8, 4) is 22.3 Å². The quantitative estimate of drug-likeness (QED) is 0.161. The second-order valence-electron chi connectivity index (χ2n) is 7.93. The summed E-state index contributed by atoms with van der Waals surface area (Å²) in [5, 5.41) is 0. The lowest BCUT2D eigenvalue weighted by molar-refractivity contribution is 1.28. The first kappa shape index (κ1) is 23.8. The van der Waals surface area contributed by atoms with Crippen molar-refractivity contribution in [1.82, 2.24) is 0 Å². The molecule has 0 aliphatic rings.